The normalized spacial score (nSPS) is 12.7. The zero-order chi connectivity index (χ0) is 21.5. The van der Waals surface area contributed by atoms with Crippen LogP contribution < -0.4 is 0 Å². The molecule has 1 rings (SSSR count). The highest BCUT2D eigenvalue weighted by molar-refractivity contribution is 9.10. The van der Waals surface area contributed by atoms with Gasteiger partial charge in [-0.15, -0.1) is 0 Å². The lowest BCUT2D eigenvalue weighted by Crippen LogP contribution is -2.39. The molecule has 0 radical (unpaired) electrons. The summed E-state index contributed by atoms with van der Waals surface area (Å²) >= 11 is 3.23. The third-order valence-electron chi connectivity index (χ3n) is 4.03. The lowest BCUT2D eigenvalue weighted by Gasteiger charge is -2.25. The van der Waals surface area contributed by atoms with Crippen molar-refractivity contribution in [2.75, 3.05) is 47.5 Å². The number of ether oxygens (including phenoxy) is 2. The molecule has 0 heterocycles. The van der Waals surface area contributed by atoms with E-state index in [-0.39, 0.29) is 23.5 Å². The summed E-state index contributed by atoms with van der Waals surface area (Å²) in [6.07, 6.45) is 0. The molecule has 28 heavy (non-hydrogen) atoms. The van der Waals surface area contributed by atoms with Crippen LogP contribution in [0.5, 0.6) is 0 Å². The van der Waals surface area contributed by atoms with E-state index in [4.69, 9.17) is 9.47 Å². The minimum Gasteiger partial charge on any atom is -0.469 e. The van der Waals surface area contributed by atoms with Gasteiger partial charge in [0, 0.05) is 43.8 Å². The predicted molar refractivity (Wildman–Crippen MR) is 109 cm³/mol. The first-order chi connectivity index (χ1) is 13.1. The highest BCUT2D eigenvalue weighted by Gasteiger charge is 2.26. The van der Waals surface area contributed by atoms with Crippen LogP contribution in [0.4, 0.5) is 0 Å². The van der Waals surface area contributed by atoms with Crippen molar-refractivity contribution in [1.29, 1.82) is 0 Å². The second-order valence-electron chi connectivity index (χ2n) is 6.30. The number of rotatable bonds is 10. The minimum atomic E-state index is -3.73. The SMILES string of the molecule is CCOCCN(C[C@@H](C)C(=O)OC)C(=O)c1ccc(Br)c(S(=O)(=O)N(C)C)c1. The molecule has 0 N–H and O–H groups in total. The van der Waals surface area contributed by atoms with Crippen molar-refractivity contribution >= 4 is 37.8 Å². The average molecular weight is 479 g/mol. The van der Waals surface area contributed by atoms with E-state index in [1.165, 1.54) is 44.3 Å². The smallest absolute Gasteiger partial charge is 0.310 e. The van der Waals surface area contributed by atoms with Crippen molar-refractivity contribution in [3.8, 4) is 0 Å². The molecular formula is C18H27BrN2O6S. The summed E-state index contributed by atoms with van der Waals surface area (Å²) in [5.41, 5.74) is 0.206. The predicted octanol–water partition coefficient (Wildman–Crippen LogP) is 1.99. The molecule has 1 aromatic rings. The highest BCUT2D eigenvalue weighted by atomic mass is 79.9. The van der Waals surface area contributed by atoms with E-state index < -0.39 is 27.8 Å². The fraction of sp³-hybridized carbons (Fsp3) is 0.556. The summed E-state index contributed by atoms with van der Waals surface area (Å²) in [4.78, 5) is 26.3. The van der Waals surface area contributed by atoms with Crippen LogP contribution in [-0.4, -0.2) is 77.0 Å². The van der Waals surface area contributed by atoms with E-state index in [2.05, 4.69) is 15.9 Å². The first kappa shape index (κ1) is 24.5. The first-order valence-electron chi connectivity index (χ1n) is 8.73. The number of methoxy groups -OCH3 is 1. The van der Waals surface area contributed by atoms with Gasteiger partial charge in [0.2, 0.25) is 10.0 Å². The van der Waals surface area contributed by atoms with Crippen LogP contribution >= 0.6 is 15.9 Å². The maximum Gasteiger partial charge on any atom is 0.310 e. The molecule has 0 aromatic heterocycles. The monoisotopic (exact) mass is 478 g/mol. The van der Waals surface area contributed by atoms with Gasteiger partial charge in [-0.1, -0.05) is 6.92 Å². The van der Waals surface area contributed by atoms with Crippen LogP contribution in [0.2, 0.25) is 0 Å². The Morgan fingerprint density at radius 1 is 1.25 bits per heavy atom. The summed E-state index contributed by atoms with van der Waals surface area (Å²) in [5, 5.41) is 0. The molecule has 8 nitrogen and oxygen atoms in total. The Balaban J connectivity index is 3.22. The molecule has 0 fully saturated rings. The lowest BCUT2D eigenvalue weighted by atomic mass is 10.1. The Morgan fingerprint density at radius 2 is 1.89 bits per heavy atom. The highest BCUT2D eigenvalue weighted by Crippen LogP contribution is 2.26. The number of sulfonamides is 1. The molecule has 0 aliphatic rings. The topological polar surface area (TPSA) is 93.2 Å². The summed E-state index contributed by atoms with van der Waals surface area (Å²) in [7, 11) is 0.395. The van der Waals surface area contributed by atoms with Crippen molar-refractivity contribution in [2.45, 2.75) is 18.7 Å². The van der Waals surface area contributed by atoms with Crippen molar-refractivity contribution in [3.63, 3.8) is 0 Å². The van der Waals surface area contributed by atoms with Crippen molar-refractivity contribution in [3.05, 3.63) is 28.2 Å². The fourth-order valence-corrected chi connectivity index (χ4v) is 4.26. The standard InChI is InChI=1S/C18H27BrN2O6S/c1-6-27-10-9-21(12-13(2)18(23)26-5)17(22)14-7-8-15(19)16(11-14)28(24,25)20(3)4/h7-8,11,13H,6,9-10,12H2,1-5H3/t13-/m1/s1. The molecule has 158 valence electrons. The summed E-state index contributed by atoms with van der Waals surface area (Å²) < 4.78 is 36.5. The number of nitrogens with zero attached hydrogens (tertiary/aromatic N) is 2. The number of hydrogen-bond donors (Lipinski definition) is 0. The fourth-order valence-electron chi connectivity index (χ4n) is 2.41. The van der Waals surface area contributed by atoms with Gasteiger partial charge < -0.3 is 14.4 Å². The summed E-state index contributed by atoms with van der Waals surface area (Å²) in [6.45, 7) is 4.70. The molecule has 0 unspecified atom stereocenters. The Hall–Kier alpha value is -1.49. The maximum atomic E-state index is 13.0. The van der Waals surface area contributed by atoms with Crippen LogP contribution in [0.25, 0.3) is 0 Å². The van der Waals surface area contributed by atoms with E-state index in [1.54, 1.807) is 6.92 Å². The van der Waals surface area contributed by atoms with Gasteiger partial charge in [-0.3, -0.25) is 9.59 Å². The van der Waals surface area contributed by atoms with E-state index in [1.807, 2.05) is 6.92 Å². The van der Waals surface area contributed by atoms with Crippen molar-refractivity contribution in [1.82, 2.24) is 9.21 Å². The van der Waals surface area contributed by atoms with Crippen LogP contribution in [0.3, 0.4) is 0 Å². The molecule has 0 saturated carbocycles. The number of hydrogen-bond acceptors (Lipinski definition) is 6. The Kier molecular flexibility index (Phi) is 9.55. The zero-order valence-corrected chi connectivity index (χ0v) is 19.2. The zero-order valence-electron chi connectivity index (χ0n) is 16.8. The van der Waals surface area contributed by atoms with Gasteiger partial charge in [-0.05, 0) is 41.1 Å². The molecule has 0 saturated heterocycles. The second-order valence-corrected chi connectivity index (χ2v) is 9.28. The van der Waals surface area contributed by atoms with E-state index in [9.17, 15) is 18.0 Å². The van der Waals surface area contributed by atoms with Crippen LogP contribution in [0, 0.1) is 5.92 Å². The summed E-state index contributed by atoms with van der Waals surface area (Å²) in [6, 6.07) is 4.39. The number of carbonyl (C=O) groups is 2. The van der Waals surface area contributed by atoms with Gasteiger partial charge in [0.05, 0.1) is 24.5 Å². The van der Waals surface area contributed by atoms with Crippen molar-refractivity contribution < 1.29 is 27.5 Å². The van der Waals surface area contributed by atoms with Gasteiger partial charge in [-0.25, -0.2) is 12.7 Å². The van der Waals surface area contributed by atoms with E-state index >= 15 is 0 Å². The minimum absolute atomic E-state index is 0.00544. The first-order valence-corrected chi connectivity index (χ1v) is 11.0. The van der Waals surface area contributed by atoms with Crippen LogP contribution in [-0.2, 0) is 24.3 Å². The van der Waals surface area contributed by atoms with Crippen molar-refractivity contribution in [2.24, 2.45) is 5.92 Å². The molecule has 0 aliphatic heterocycles. The summed E-state index contributed by atoms with van der Waals surface area (Å²) in [5.74, 6) is -1.35. The third kappa shape index (κ3) is 6.26. The van der Waals surface area contributed by atoms with Gasteiger partial charge in [0.15, 0.2) is 0 Å². The van der Waals surface area contributed by atoms with E-state index in [0.29, 0.717) is 17.7 Å². The molecule has 10 heteroatoms. The quantitative estimate of drug-likeness (QED) is 0.377. The van der Waals surface area contributed by atoms with Gasteiger partial charge in [0.1, 0.15) is 0 Å². The lowest BCUT2D eigenvalue weighted by molar-refractivity contribution is -0.145. The molecule has 0 spiro atoms. The van der Waals surface area contributed by atoms with E-state index in [0.717, 1.165) is 4.31 Å². The average Bonchev–Trinajstić information content (AvgIpc) is 2.66. The van der Waals surface area contributed by atoms with Gasteiger partial charge in [-0.2, -0.15) is 0 Å². The number of amides is 1. The Bertz CT molecular complexity index is 797. The van der Waals surface area contributed by atoms with Gasteiger partial charge in [0.25, 0.3) is 5.91 Å². The Morgan fingerprint density at radius 3 is 2.43 bits per heavy atom. The van der Waals surface area contributed by atoms with Gasteiger partial charge >= 0.3 is 5.97 Å². The Labute approximate surface area is 175 Å². The number of halogens is 1. The number of esters is 1. The van der Waals surface area contributed by atoms with Crippen LogP contribution in [0.1, 0.15) is 24.2 Å². The molecule has 0 aliphatic carbocycles. The molecule has 0 bridgehead atoms. The molecule has 1 amide bonds. The molecule has 1 atom stereocenters. The second kappa shape index (κ2) is 10.9. The number of benzene rings is 1. The number of carbonyl (C=O) groups excluding carboxylic acids is 2. The van der Waals surface area contributed by atoms with Crippen LogP contribution in [0.15, 0.2) is 27.6 Å². The third-order valence-corrected chi connectivity index (χ3v) is 6.84. The molecule has 1 aromatic carbocycles. The largest absolute Gasteiger partial charge is 0.469 e. The molecular weight excluding hydrogens is 452 g/mol. The maximum absolute atomic E-state index is 13.0.